The topological polar surface area (TPSA) is 70.5 Å². The van der Waals surface area contributed by atoms with Crippen molar-refractivity contribution in [1.82, 2.24) is 15.5 Å². The molecule has 1 fully saturated rings. The Bertz CT molecular complexity index is 636. The highest BCUT2D eigenvalue weighted by atomic mass is 16.5. The van der Waals surface area contributed by atoms with Crippen LogP contribution in [0.25, 0.3) is 0 Å². The van der Waals surface area contributed by atoms with Gasteiger partial charge in [-0.1, -0.05) is 17.7 Å². The third-order valence-electron chi connectivity index (χ3n) is 4.41. The summed E-state index contributed by atoms with van der Waals surface area (Å²) in [6.45, 7) is 4.72. The smallest absolute Gasteiger partial charge is 0.151 e. The van der Waals surface area contributed by atoms with Crippen LogP contribution in [0.5, 0.6) is 5.75 Å². The number of aliphatic hydroxyl groups excluding tert-OH is 1. The summed E-state index contributed by atoms with van der Waals surface area (Å²) in [5.41, 5.74) is 1.19. The summed E-state index contributed by atoms with van der Waals surface area (Å²) in [7, 11) is 0. The van der Waals surface area contributed by atoms with Crippen LogP contribution in [-0.4, -0.2) is 53.7 Å². The molecule has 6 nitrogen and oxygen atoms in total. The maximum Gasteiger partial charge on any atom is 0.151 e. The van der Waals surface area contributed by atoms with E-state index in [4.69, 9.17) is 4.74 Å². The highest BCUT2D eigenvalue weighted by molar-refractivity contribution is 5.37. The van der Waals surface area contributed by atoms with Crippen molar-refractivity contribution in [3.63, 3.8) is 0 Å². The number of aliphatic hydroxyl groups is 1. The number of anilines is 1. The monoisotopic (exact) mass is 342 g/mol. The first-order valence-electron chi connectivity index (χ1n) is 8.84. The maximum absolute atomic E-state index is 10.2. The number of hydrogen-bond donors (Lipinski definition) is 2. The normalized spacial score (nSPS) is 18.8. The molecular weight excluding hydrogens is 316 g/mol. The number of ether oxygens (including phenoxy) is 1. The van der Waals surface area contributed by atoms with Crippen molar-refractivity contribution >= 4 is 5.82 Å². The molecule has 0 amide bonds. The largest absolute Gasteiger partial charge is 0.491 e. The van der Waals surface area contributed by atoms with Gasteiger partial charge in [0.2, 0.25) is 0 Å². The molecule has 1 aromatic carbocycles. The molecule has 1 aliphatic rings. The Kier molecular flexibility index (Phi) is 6.19. The molecular formula is C19H26N4O2. The summed E-state index contributed by atoms with van der Waals surface area (Å²) in [4.78, 5) is 2.24. The van der Waals surface area contributed by atoms with E-state index in [2.05, 4.69) is 20.4 Å². The van der Waals surface area contributed by atoms with Gasteiger partial charge in [-0.05, 0) is 44.0 Å². The van der Waals surface area contributed by atoms with E-state index >= 15 is 0 Å². The van der Waals surface area contributed by atoms with Crippen molar-refractivity contribution in [2.75, 3.05) is 31.1 Å². The number of rotatable bonds is 7. The third-order valence-corrected chi connectivity index (χ3v) is 4.41. The summed E-state index contributed by atoms with van der Waals surface area (Å²) in [5, 5.41) is 21.7. The van der Waals surface area contributed by atoms with Crippen molar-refractivity contribution in [3.8, 4) is 5.75 Å². The Morgan fingerprint density at radius 2 is 2.16 bits per heavy atom. The van der Waals surface area contributed by atoms with Crippen LogP contribution in [0.2, 0.25) is 0 Å². The molecule has 2 unspecified atom stereocenters. The number of nitrogens with zero attached hydrogens (tertiary/aromatic N) is 3. The zero-order chi connectivity index (χ0) is 17.5. The van der Waals surface area contributed by atoms with Crippen LogP contribution in [0, 0.1) is 6.92 Å². The van der Waals surface area contributed by atoms with E-state index in [1.807, 2.05) is 43.3 Å². The molecule has 2 atom stereocenters. The van der Waals surface area contributed by atoms with Crippen molar-refractivity contribution in [2.45, 2.75) is 31.9 Å². The van der Waals surface area contributed by atoms with Crippen molar-refractivity contribution < 1.29 is 9.84 Å². The Balaban J connectivity index is 1.40. The summed E-state index contributed by atoms with van der Waals surface area (Å²) >= 11 is 0. The van der Waals surface area contributed by atoms with E-state index < -0.39 is 6.10 Å². The minimum Gasteiger partial charge on any atom is -0.491 e. The summed E-state index contributed by atoms with van der Waals surface area (Å²) in [6.07, 6.45) is 3.35. The SMILES string of the molecule is Cc1ccc(OCC(O)CNC2CCCN(c3cccnn3)C2)cc1. The van der Waals surface area contributed by atoms with Crippen molar-refractivity contribution in [1.29, 1.82) is 0 Å². The minimum absolute atomic E-state index is 0.288. The molecule has 0 bridgehead atoms. The molecule has 0 aliphatic carbocycles. The molecule has 2 heterocycles. The van der Waals surface area contributed by atoms with Crippen molar-refractivity contribution in [3.05, 3.63) is 48.2 Å². The summed E-state index contributed by atoms with van der Waals surface area (Å²) < 4.78 is 5.63. The number of piperidine rings is 1. The fourth-order valence-corrected chi connectivity index (χ4v) is 3.00. The lowest BCUT2D eigenvalue weighted by molar-refractivity contribution is 0.103. The van der Waals surface area contributed by atoms with Crippen LogP contribution in [0.4, 0.5) is 5.82 Å². The van der Waals surface area contributed by atoms with Gasteiger partial charge in [0.1, 0.15) is 18.5 Å². The van der Waals surface area contributed by atoms with Gasteiger partial charge in [0.25, 0.3) is 0 Å². The molecule has 1 aromatic heterocycles. The van der Waals surface area contributed by atoms with E-state index in [-0.39, 0.29) is 6.61 Å². The predicted molar refractivity (Wildman–Crippen MR) is 98.0 cm³/mol. The van der Waals surface area contributed by atoms with Crippen LogP contribution >= 0.6 is 0 Å². The first-order chi connectivity index (χ1) is 12.2. The van der Waals surface area contributed by atoms with Gasteiger partial charge >= 0.3 is 0 Å². The van der Waals surface area contributed by atoms with Crippen LogP contribution in [-0.2, 0) is 0 Å². The second-order valence-corrected chi connectivity index (χ2v) is 6.55. The molecule has 1 aliphatic heterocycles. The van der Waals surface area contributed by atoms with Gasteiger partial charge in [-0.2, -0.15) is 5.10 Å². The van der Waals surface area contributed by atoms with Gasteiger partial charge in [0.15, 0.2) is 5.82 Å². The van der Waals surface area contributed by atoms with E-state index in [1.54, 1.807) is 6.20 Å². The molecule has 0 spiro atoms. The Morgan fingerprint density at radius 3 is 2.92 bits per heavy atom. The fourth-order valence-electron chi connectivity index (χ4n) is 3.00. The zero-order valence-electron chi connectivity index (χ0n) is 14.6. The average molecular weight is 342 g/mol. The van der Waals surface area contributed by atoms with Gasteiger partial charge in [-0.25, -0.2) is 0 Å². The maximum atomic E-state index is 10.2. The molecule has 25 heavy (non-hydrogen) atoms. The highest BCUT2D eigenvalue weighted by Crippen LogP contribution is 2.16. The minimum atomic E-state index is -0.534. The zero-order valence-corrected chi connectivity index (χ0v) is 14.6. The van der Waals surface area contributed by atoms with Crippen LogP contribution in [0.15, 0.2) is 42.6 Å². The molecule has 6 heteroatoms. The second kappa shape index (κ2) is 8.78. The summed E-state index contributed by atoms with van der Waals surface area (Å²) in [5.74, 6) is 1.70. The third kappa shape index (κ3) is 5.41. The lowest BCUT2D eigenvalue weighted by atomic mass is 10.1. The number of hydrogen-bond acceptors (Lipinski definition) is 6. The van der Waals surface area contributed by atoms with Gasteiger partial charge in [-0.15, -0.1) is 5.10 Å². The quantitative estimate of drug-likeness (QED) is 0.799. The van der Waals surface area contributed by atoms with Crippen LogP contribution in [0.3, 0.4) is 0 Å². The molecule has 2 aromatic rings. The number of aryl methyl sites for hydroxylation is 1. The molecule has 134 valence electrons. The van der Waals surface area contributed by atoms with Crippen LogP contribution in [0.1, 0.15) is 18.4 Å². The Labute approximate surface area is 148 Å². The molecule has 1 saturated heterocycles. The lowest BCUT2D eigenvalue weighted by Gasteiger charge is -2.34. The summed E-state index contributed by atoms with van der Waals surface area (Å²) in [6, 6.07) is 12.1. The standard InChI is InChI=1S/C19H26N4O2/c1-15-6-8-18(9-7-15)25-14-17(24)12-20-16-4-3-11-23(13-16)19-5-2-10-21-22-19/h2,5-10,16-17,20,24H,3-4,11-14H2,1H3. The Morgan fingerprint density at radius 1 is 1.32 bits per heavy atom. The number of nitrogens with one attached hydrogen (secondary N) is 1. The van der Waals surface area contributed by atoms with E-state index in [0.717, 1.165) is 37.5 Å². The van der Waals surface area contributed by atoms with Crippen LogP contribution < -0.4 is 15.0 Å². The van der Waals surface area contributed by atoms with Gasteiger partial charge in [0, 0.05) is 31.9 Å². The molecule has 0 radical (unpaired) electrons. The second-order valence-electron chi connectivity index (χ2n) is 6.55. The number of aromatic nitrogens is 2. The van der Waals surface area contributed by atoms with Crippen molar-refractivity contribution in [2.24, 2.45) is 0 Å². The Hall–Kier alpha value is -2.18. The number of benzene rings is 1. The fraction of sp³-hybridized carbons (Fsp3) is 0.474. The van der Waals surface area contributed by atoms with E-state index in [1.165, 1.54) is 5.56 Å². The van der Waals surface area contributed by atoms with Gasteiger partial charge in [-0.3, -0.25) is 0 Å². The molecule has 0 saturated carbocycles. The lowest BCUT2D eigenvalue weighted by Crippen LogP contribution is -2.48. The first kappa shape index (κ1) is 17.6. The average Bonchev–Trinajstić information content (AvgIpc) is 2.67. The molecule has 3 rings (SSSR count). The molecule has 2 N–H and O–H groups in total. The van der Waals surface area contributed by atoms with Gasteiger partial charge in [0.05, 0.1) is 0 Å². The highest BCUT2D eigenvalue weighted by Gasteiger charge is 2.21. The van der Waals surface area contributed by atoms with E-state index in [0.29, 0.717) is 12.6 Å². The van der Waals surface area contributed by atoms with Gasteiger partial charge < -0.3 is 20.1 Å². The van der Waals surface area contributed by atoms with E-state index in [9.17, 15) is 5.11 Å². The predicted octanol–water partition coefficient (Wildman–Crippen LogP) is 1.78. The first-order valence-corrected chi connectivity index (χ1v) is 8.84.